The zero-order valence-electron chi connectivity index (χ0n) is 18.1. The van der Waals surface area contributed by atoms with Crippen LogP contribution in [0.5, 0.6) is 5.75 Å². The number of rotatable bonds is 11. The molecular formula is C25H31N3O3. The maximum atomic E-state index is 12.4. The first-order chi connectivity index (χ1) is 15.1. The molecule has 2 fully saturated rings. The number of hydrogen-bond donors (Lipinski definition) is 2. The summed E-state index contributed by atoms with van der Waals surface area (Å²) in [4.78, 5) is 26.8. The largest absolute Gasteiger partial charge is 0.492 e. The zero-order chi connectivity index (χ0) is 21.6. The third-order valence-electron chi connectivity index (χ3n) is 5.61. The molecule has 0 heterocycles. The molecule has 0 radical (unpaired) electrons. The van der Waals surface area contributed by atoms with E-state index in [2.05, 4.69) is 15.5 Å². The van der Waals surface area contributed by atoms with Crippen molar-refractivity contribution in [3.05, 3.63) is 65.2 Å². The molecule has 0 aromatic heterocycles. The minimum absolute atomic E-state index is 0.000332. The summed E-state index contributed by atoms with van der Waals surface area (Å²) in [6.07, 6.45) is 4.43. The van der Waals surface area contributed by atoms with Gasteiger partial charge in [-0.25, -0.2) is 0 Å². The van der Waals surface area contributed by atoms with Gasteiger partial charge >= 0.3 is 0 Å². The van der Waals surface area contributed by atoms with E-state index in [4.69, 9.17) is 4.74 Å². The lowest BCUT2D eigenvalue weighted by atomic mass is 10.1. The van der Waals surface area contributed by atoms with Crippen LogP contribution in [0, 0.1) is 6.92 Å². The second-order valence-electron chi connectivity index (χ2n) is 8.60. The summed E-state index contributed by atoms with van der Waals surface area (Å²) in [5.41, 5.74) is 2.96. The number of carbonyl (C=O) groups excluding carboxylic acids is 2. The summed E-state index contributed by atoms with van der Waals surface area (Å²) < 4.78 is 5.69. The Bertz CT molecular complexity index is 904. The SMILES string of the molecule is Cc1cccc(OCCNC(=O)CN(Cc2ccc(C(=O)NC3CC3)cc2)C2CC2)c1. The van der Waals surface area contributed by atoms with Crippen LogP contribution >= 0.6 is 0 Å². The van der Waals surface area contributed by atoms with E-state index in [0.717, 1.165) is 42.6 Å². The number of benzene rings is 2. The Kier molecular flexibility index (Phi) is 6.87. The van der Waals surface area contributed by atoms with Crippen molar-refractivity contribution in [1.29, 1.82) is 0 Å². The number of nitrogens with zero attached hydrogens (tertiary/aromatic N) is 1. The zero-order valence-corrected chi connectivity index (χ0v) is 18.1. The van der Waals surface area contributed by atoms with Crippen LogP contribution in [0.4, 0.5) is 0 Å². The number of hydrogen-bond acceptors (Lipinski definition) is 4. The van der Waals surface area contributed by atoms with Crippen LogP contribution in [0.1, 0.15) is 47.2 Å². The van der Waals surface area contributed by atoms with Crippen molar-refractivity contribution < 1.29 is 14.3 Å². The van der Waals surface area contributed by atoms with Crippen molar-refractivity contribution in [3.8, 4) is 5.75 Å². The highest BCUT2D eigenvalue weighted by molar-refractivity contribution is 5.94. The molecule has 0 bridgehead atoms. The number of aryl methyl sites for hydroxylation is 1. The highest BCUT2D eigenvalue weighted by Gasteiger charge is 2.30. The number of amides is 2. The normalized spacial score (nSPS) is 15.5. The first-order valence-corrected chi connectivity index (χ1v) is 11.2. The van der Waals surface area contributed by atoms with Gasteiger partial charge in [-0.05, 0) is 68.0 Å². The molecule has 2 aliphatic rings. The van der Waals surface area contributed by atoms with E-state index in [1.165, 1.54) is 0 Å². The van der Waals surface area contributed by atoms with Gasteiger partial charge in [0.15, 0.2) is 0 Å². The molecule has 0 aliphatic heterocycles. The van der Waals surface area contributed by atoms with Gasteiger partial charge in [0, 0.05) is 24.2 Å². The second kappa shape index (κ2) is 9.96. The number of carbonyl (C=O) groups is 2. The van der Waals surface area contributed by atoms with Gasteiger partial charge < -0.3 is 15.4 Å². The molecule has 6 nitrogen and oxygen atoms in total. The molecule has 4 rings (SSSR count). The first kappa shape index (κ1) is 21.4. The molecule has 2 aromatic carbocycles. The van der Waals surface area contributed by atoms with Gasteiger partial charge in [-0.3, -0.25) is 14.5 Å². The van der Waals surface area contributed by atoms with E-state index in [9.17, 15) is 9.59 Å². The minimum atomic E-state index is 0.000332. The summed E-state index contributed by atoms with van der Waals surface area (Å²) in [5, 5.41) is 5.97. The monoisotopic (exact) mass is 421 g/mol. The Morgan fingerprint density at radius 2 is 1.84 bits per heavy atom. The topological polar surface area (TPSA) is 70.7 Å². The molecule has 2 N–H and O–H groups in total. The first-order valence-electron chi connectivity index (χ1n) is 11.2. The van der Waals surface area contributed by atoms with E-state index in [-0.39, 0.29) is 11.8 Å². The maximum absolute atomic E-state index is 12.4. The van der Waals surface area contributed by atoms with Gasteiger partial charge in [0.05, 0.1) is 13.1 Å². The van der Waals surface area contributed by atoms with Gasteiger partial charge in [0.2, 0.25) is 5.91 Å². The molecule has 31 heavy (non-hydrogen) atoms. The van der Waals surface area contributed by atoms with Crippen LogP contribution in [0.2, 0.25) is 0 Å². The van der Waals surface area contributed by atoms with Crippen molar-refractivity contribution in [1.82, 2.24) is 15.5 Å². The van der Waals surface area contributed by atoms with Crippen LogP contribution < -0.4 is 15.4 Å². The highest BCUT2D eigenvalue weighted by atomic mass is 16.5. The summed E-state index contributed by atoms with van der Waals surface area (Å²) in [6, 6.07) is 16.4. The quantitative estimate of drug-likeness (QED) is 0.547. The van der Waals surface area contributed by atoms with E-state index < -0.39 is 0 Å². The third kappa shape index (κ3) is 6.82. The van der Waals surface area contributed by atoms with E-state index in [0.29, 0.717) is 43.9 Å². The van der Waals surface area contributed by atoms with Gasteiger partial charge in [-0.1, -0.05) is 24.3 Å². The fourth-order valence-electron chi connectivity index (χ4n) is 3.55. The van der Waals surface area contributed by atoms with Crippen LogP contribution in [0.15, 0.2) is 48.5 Å². The minimum Gasteiger partial charge on any atom is -0.492 e. The number of nitrogens with one attached hydrogen (secondary N) is 2. The fraction of sp³-hybridized carbons (Fsp3) is 0.440. The maximum Gasteiger partial charge on any atom is 0.251 e. The molecule has 2 amide bonds. The Morgan fingerprint density at radius 1 is 1.06 bits per heavy atom. The van der Waals surface area contributed by atoms with E-state index in [1.54, 1.807) is 0 Å². The molecule has 0 spiro atoms. The van der Waals surface area contributed by atoms with E-state index >= 15 is 0 Å². The predicted molar refractivity (Wildman–Crippen MR) is 120 cm³/mol. The summed E-state index contributed by atoms with van der Waals surface area (Å²) in [5.74, 6) is 0.837. The average molecular weight is 422 g/mol. The van der Waals surface area contributed by atoms with Gasteiger partial charge in [0.25, 0.3) is 5.91 Å². The molecule has 6 heteroatoms. The van der Waals surface area contributed by atoms with Crippen molar-refractivity contribution in [2.24, 2.45) is 0 Å². The third-order valence-corrected chi connectivity index (χ3v) is 5.61. The van der Waals surface area contributed by atoms with E-state index in [1.807, 2.05) is 55.5 Å². The van der Waals surface area contributed by atoms with Crippen LogP contribution in [0.25, 0.3) is 0 Å². The van der Waals surface area contributed by atoms with Crippen LogP contribution in [-0.2, 0) is 11.3 Å². The Labute approximate surface area is 184 Å². The van der Waals surface area contributed by atoms with Crippen molar-refractivity contribution in [2.75, 3.05) is 19.7 Å². The highest BCUT2D eigenvalue weighted by Crippen LogP contribution is 2.28. The Hall–Kier alpha value is -2.86. The summed E-state index contributed by atoms with van der Waals surface area (Å²) >= 11 is 0. The van der Waals surface area contributed by atoms with Crippen LogP contribution in [-0.4, -0.2) is 48.5 Å². The molecule has 0 atom stereocenters. The Balaban J connectivity index is 1.21. The molecule has 2 saturated carbocycles. The van der Waals surface area contributed by atoms with Crippen molar-refractivity contribution in [3.63, 3.8) is 0 Å². The smallest absolute Gasteiger partial charge is 0.251 e. The number of ether oxygens (including phenoxy) is 1. The lowest BCUT2D eigenvalue weighted by Gasteiger charge is -2.21. The molecule has 0 saturated heterocycles. The summed E-state index contributed by atoms with van der Waals surface area (Å²) in [6.45, 7) is 4.04. The summed E-state index contributed by atoms with van der Waals surface area (Å²) in [7, 11) is 0. The molecule has 164 valence electrons. The average Bonchev–Trinajstić information content (AvgIpc) is 3.66. The van der Waals surface area contributed by atoms with Crippen molar-refractivity contribution >= 4 is 11.8 Å². The molecule has 0 unspecified atom stereocenters. The van der Waals surface area contributed by atoms with Crippen LogP contribution in [0.3, 0.4) is 0 Å². The Morgan fingerprint density at radius 3 is 2.52 bits per heavy atom. The predicted octanol–water partition coefficient (Wildman–Crippen LogP) is 3.05. The van der Waals surface area contributed by atoms with Gasteiger partial charge in [-0.2, -0.15) is 0 Å². The lowest BCUT2D eigenvalue weighted by molar-refractivity contribution is -0.122. The lowest BCUT2D eigenvalue weighted by Crippen LogP contribution is -2.39. The fourth-order valence-corrected chi connectivity index (χ4v) is 3.55. The molecule has 2 aliphatic carbocycles. The molecule has 2 aromatic rings. The molecular weight excluding hydrogens is 390 g/mol. The standard InChI is InChI=1S/C25H31N3O3/c1-18-3-2-4-23(15-18)31-14-13-26-24(29)17-28(22-11-12-22)16-19-5-7-20(8-6-19)25(30)27-21-9-10-21/h2-8,15,21-22H,9-14,16-17H2,1H3,(H,26,29)(H,27,30). The van der Waals surface area contributed by atoms with Gasteiger partial charge in [0.1, 0.15) is 12.4 Å². The van der Waals surface area contributed by atoms with Gasteiger partial charge in [-0.15, -0.1) is 0 Å². The second-order valence-corrected chi connectivity index (χ2v) is 8.60. The van der Waals surface area contributed by atoms with Crippen molar-refractivity contribution in [2.45, 2.75) is 51.2 Å².